The smallest absolute Gasteiger partial charge is 0.219 e. The Morgan fingerprint density at radius 1 is 1.18 bits per heavy atom. The lowest BCUT2D eigenvalue weighted by Gasteiger charge is -2.09. The first-order valence-electron chi connectivity index (χ1n) is 5.22. The first-order chi connectivity index (χ1) is 8.06. The van der Waals surface area contributed by atoms with Gasteiger partial charge in [-0.2, -0.15) is 0 Å². The molecule has 0 saturated carbocycles. The van der Waals surface area contributed by atoms with Gasteiger partial charge in [0.1, 0.15) is 11.6 Å². The predicted molar refractivity (Wildman–Crippen MR) is 64.6 cm³/mol. The lowest BCUT2D eigenvalue weighted by molar-refractivity contribution is 0.454. The van der Waals surface area contributed by atoms with Gasteiger partial charge in [0.15, 0.2) is 0 Å². The van der Waals surface area contributed by atoms with Crippen LogP contribution in [0.4, 0.5) is 10.1 Å². The Hall–Kier alpha value is -2.10. The molecule has 0 amide bonds. The fourth-order valence-corrected chi connectivity index (χ4v) is 1.39. The summed E-state index contributed by atoms with van der Waals surface area (Å²) in [5, 5.41) is 0. The molecule has 3 nitrogen and oxygen atoms in total. The normalized spacial score (nSPS) is 10.3. The Balaban J connectivity index is 2.31. The molecular formula is C13H13FN2O. The van der Waals surface area contributed by atoms with Crippen molar-refractivity contribution in [1.29, 1.82) is 0 Å². The number of nitrogens with two attached hydrogens (primary N) is 1. The van der Waals surface area contributed by atoms with E-state index >= 15 is 0 Å². The van der Waals surface area contributed by atoms with Gasteiger partial charge in [0.25, 0.3) is 0 Å². The minimum absolute atomic E-state index is 0.335. The van der Waals surface area contributed by atoms with Gasteiger partial charge >= 0.3 is 0 Å². The standard InChI is InChI=1S/C13H13FN2O/c1-8-3-4-10(14)6-12(8)17-13-5-9(2)11(15)7-16-13/h3-7H,15H2,1-2H3. The zero-order valence-corrected chi connectivity index (χ0v) is 9.70. The maximum Gasteiger partial charge on any atom is 0.219 e. The van der Waals surface area contributed by atoms with E-state index in [9.17, 15) is 4.39 Å². The zero-order chi connectivity index (χ0) is 12.4. The Morgan fingerprint density at radius 3 is 2.65 bits per heavy atom. The lowest BCUT2D eigenvalue weighted by atomic mass is 10.2. The summed E-state index contributed by atoms with van der Waals surface area (Å²) in [7, 11) is 0. The Bertz CT molecular complexity index is 555. The highest BCUT2D eigenvalue weighted by Crippen LogP contribution is 2.25. The van der Waals surface area contributed by atoms with Crippen molar-refractivity contribution in [3.05, 3.63) is 47.4 Å². The average molecular weight is 232 g/mol. The highest BCUT2D eigenvalue weighted by molar-refractivity contribution is 5.46. The quantitative estimate of drug-likeness (QED) is 0.864. The molecule has 0 saturated heterocycles. The van der Waals surface area contributed by atoms with Gasteiger partial charge in [-0.25, -0.2) is 9.37 Å². The molecule has 2 aromatic rings. The number of pyridine rings is 1. The van der Waals surface area contributed by atoms with Gasteiger partial charge in [0.05, 0.1) is 11.9 Å². The van der Waals surface area contributed by atoms with Crippen LogP contribution < -0.4 is 10.5 Å². The van der Waals surface area contributed by atoms with Crippen molar-refractivity contribution in [3.63, 3.8) is 0 Å². The van der Waals surface area contributed by atoms with Gasteiger partial charge in [-0.15, -0.1) is 0 Å². The molecule has 0 spiro atoms. The van der Waals surface area contributed by atoms with Gasteiger partial charge in [-0.05, 0) is 31.0 Å². The molecule has 0 fully saturated rings. The number of rotatable bonds is 2. The number of anilines is 1. The van der Waals surface area contributed by atoms with Crippen LogP contribution >= 0.6 is 0 Å². The van der Waals surface area contributed by atoms with Crippen LogP contribution in [0.1, 0.15) is 11.1 Å². The summed E-state index contributed by atoms with van der Waals surface area (Å²) >= 11 is 0. The second kappa shape index (κ2) is 4.41. The molecule has 4 heteroatoms. The molecule has 2 rings (SSSR count). The van der Waals surface area contributed by atoms with Crippen LogP contribution in [0.15, 0.2) is 30.5 Å². The number of hydrogen-bond acceptors (Lipinski definition) is 3. The topological polar surface area (TPSA) is 48.1 Å². The van der Waals surface area contributed by atoms with Gasteiger partial charge in [0.2, 0.25) is 5.88 Å². The molecule has 1 aromatic heterocycles. The van der Waals surface area contributed by atoms with E-state index in [1.165, 1.54) is 18.3 Å². The number of aromatic nitrogens is 1. The summed E-state index contributed by atoms with van der Waals surface area (Å²) in [4.78, 5) is 4.04. The molecule has 0 aliphatic heterocycles. The SMILES string of the molecule is Cc1cc(Oc2cc(F)ccc2C)ncc1N. The lowest BCUT2D eigenvalue weighted by Crippen LogP contribution is -1.95. The van der Waals surface area contributed by atoms with Crippen LogP contribution in [0.2, 0.25) is 0 Å². The van der Waals surface area contributed by atoms with E-state index in [2.05, 4.69) is 4.98 Å². The first-order valence-corrected chi connectivity index (χ1v) is 5.22. The fraction of sp³-hybridized carbons (Fsp3) is 0.154. The Labute approximate surface area is 99.1 Å². The third-order valence-corrected chi connectivity index (χ3v) is 2.49. The van der Waals surface area contributed by atoms with E-state index in [-0.39, 0.29) is 5.82 Å². The number of benzene rings is 1. The molecular weight excluding hydrogens is 219 g/mol. The number of ether oxygens (including phenoxy) is 1. The molecule has 2 N–H and O–H groups in total. The molecule has 17 heavy (non-hydrogen) atoms. The van der Waals surface area contributed by atoms with Crippen LogP contribution in [0.25, 0.3) is 0 Å². The second-order valence-corrected chi connectivity index (χ2v) is 3.89. The molecule has 88 valence electrons. The van der Waals surface area contributed by atoms with Gasteiger partial charge in [-0.3, -0.25) is 0 Å². The van der Waals surface area contributed by atoms with Gasteiger partial charge < -0.3 is 10.5 Å². The van der Waals surface area contributed by atoms with Crippen molar-refractivity contribution in [2.45, 2.75) is 13.8 Å². The van der Waals surface area contributed by atoms with Crippen molar-refractivity contribution in [1.82, 2.24) is 4.98 Å². The maximum atomic E-state index is 13.1. The molecule has 0 unspecified atom stereocenters. The summed E-state index contributed by atoms with van der Waals surface area (Å²) in [6, 6.07) is 6.11. The second-order valence-electron chi connectivity index (χ2n) is 3.89. The molecule has 0 aliphatic carbocycles. The first kappa shape index (κ1) is 11.4. The highest BCUT2D eigenvalue weighted by Gasteiger charge is 2.05. The van der Waals surface area contributed by atoms with E-state index in [0.29, 0.717) is 17.3 Å². The van der Waals surface area contributed by atoms with E-state index in [4.69, 9.17) is 10.5 Å². The van der Waals surface area contributed by atoms with Crippen LogP contribution in [-0.4, -0.2) is 4.98 Å². The van der Waals surface area contributed by atoms with Crippen LogP contribution in [0.5, 0.6) is 11.6 Å². The monoisotopic (exact) mass is 232 g/mol. The van der Waals surface area contributed by atoms with E-state index < -0.39 is 0 Å². The van der Waals surface area contributed by atoms with Gasteiger partial charge in [-0.1, -0.05) is 6.07 Å². The summed E-state index contributed by atoms with van der Waals surface area (Å²) in [5.74, 6) is 0.532. The Morgan fingerprint density at radius 2 is 1.94 bits per heavy atom. The predicted octanol–water partition coefficient (Wildman–Crippen LogP) is 3.21. The minimum Gasteiger partial charge on any atom is -0.439 e. The average Bonchev–Trinajstić information content (AvgIpc) is 2.29. The van der Waals surface area contributed by atoms with E-state index in [0.717, 1.165) is 11.1 Å². The number of aryl methyl sites for hydroxylation is 2. The third kappa shape index (κ3) is 2.53. The van der Waals surface area contributed by atoms with Crippen molar-refractivity contribution < 1.29 is 9.13 Å². The number of hydrogen-bond donors (Lipinski definition) is 1. The zero-order valence-electron chi connectivity index (χ0n) is 9.70. The van der Waals surface area contributed by atoms with Crippen molar-refractivity contribution >= 4 is 5.69 Å². The molecule has 0 atom stereocenters. The van der Waals surface area contributed by atoms with Crippen molar-refractivity contribution in [2.24, 2.45) is 0 Å². The largest absolute Gasteiger partial charge is 0.439 e. The van der Waals surface area contributed by atoms with Gasteiger partial charge in [0, 0.05) is 12.1 Å². The van der Waals surface area contributed by atoms with E-state index in [1.54, 1.807) is 12.1 Å². The van der Waals surface area contributed by atoms with E-state index in [1.807, 2.05) is 13.8 Å². The molecule has 1 aromatic carbocycles. The summed E-state index contributed by atoms with van der Waals surface area (Å²) in [5.41, 5.74) is 7.99. The number of halogens is 1. The van der Waals surface area contributed by atoms with Crippen LogP contribution in [0, 0.1) is 19.7 Å². The highest BCUT2D eigenvalue weighted by atomic mass is 19.1. The molecule has 0 aliphatic rings. The summed E-state index contributed by atoms with van der Waals surface area (Å²) in [6.45, 7) is 3.71. The Kier molecular flexibility index (Phi) is 2.95. The van der Waals surface area contributed by atoms with Crippen molar-refractivity contribution in [2.75, 3.05) is 5.73 Å². The summed E-state index contributed by atoms with van der Waals surface area (Å²) < 4.78 is 18.6. The maximum absolute atomic E-state index is 13.1. The van der Waals surface area contributed by atoms with Crippen LogP contribution in [-0.2, 0) is 0 Å². The number of nitrogens with zero attached hydrogens (tertiary/aromatic N) is 1. The molecule has 1 heterocycles. The fourth-order valence-electron chi connectivity index (χ4n) is 1.39. The third-order valence-electron chi connectivity index (χ3n) is 2.49. The molecule has 0 bridgehead atoms. The number of nitrogen functional groups attached to an aromatic ring is 1. The van der Waals surface area contributed by atoms with Crippen molar-refractivity contribution in [3.8, 4) is 11.6 Å². The molecule has 0 radical (unpaired) electrons. The minimum atomic E-state index is -0.335. The summed E-state index contributed by atoms with van der Waals surface area (Å²) in [6.07, 6.45) is 1.53. The van der Waals surface area contributed by atoms with Crippen LogP contribution in [0.3, 0.4) is 0 Å².